The molecule has 8 nitrogen and oxygen atoms in total. The maximum atomic E-state index is 13.2. The van der Waals surface area contributed by atoms with Crippen LogP contribution in [0.4, 0.5) is 24.5 Å². The molecule has 1 saturated carbocycles. The van der Waals surface area contributed by atoms with E-state index in [9.17, 15) is 26.4 Å². The molecule has 0 radical (unpaired) electrons. The number of amides is 1. The molecule has 0 aliphatic heterocycles. The zero-order chi connectivity index (χ0) is 29.6. The van der Waals surface area contributed by atoms with Gasteiger partial charge in [-0.1, -0.05) is 0 Å². The van der Waals surface area contributed by atoms with E-state index >= 15 is 0 Å². The second-order valence-corrected chi connectivity index (χ2v) is 12.5. The van der Waals surface area contributed by atoms with E-state index in [1.807, 2.05) is 0 Å². The molecule has 0 saturated heterocycles. The van der Waals surface area contributed by atoms with E-state index in [0.717, 1.165) is 16.5 Å². The van der Waals surface area contributed by atoms with Gasteiger partial charge >= 0.3 is 6.36 Å². The first kappa shape index (κ1) is 28.6. The van der Waals surface area contributed by atoms with Gasteiger partial charge in [0.1, 0.15) is 17.2 Å². The fourth-order valence-electron chi connectivity index (χ4n) is 4.72. The number of anilines is 2. The van der Waals surface area contributed by atoms with Gasteiger partial charge in [0.25, 0.3) is 5.91 Å². The number of carbonyl (C=O) groups is 1. The molecule has 1 aliphatic rings. The van der Waals surface area contributed by atoms with Crippen molar-refractivity contribution in [2.75, 3.05) is 30.5 Å². The third kappa shape index (κ3) is 6.51. The molecule has 5 rings (SSSR count). The minimum atomic E-state index is -4.86. The number of rotatable bonds is 9. The second-order valence-electron chi connectivity index (χ2n) is 9.67. The SMILES string of the molecule is COc1cc(NC(=O)c2cc3cc(NS(C)(=O)=O)ccc3s2)cc(C2(c3cc(OC)cc(OC(F)(F)F)c3)CC2)c1. The van der Waals surface area contributed by atoms with Gasteiger partial charge in [0.05, 0.1) is 25.4 Å². The lowest BCUT2D eigenvalue weighted by Crippen LogP contribution is -2.18. The third-order valence-electron chi connectivity index (χ3n) is 6.65. The van der Waals surface area contributed by atoms with Crippen LogP contribution in [0, 0.1) is 0 Å². The normalized spacial score (nSPS) is 14.4. The van der Waals surface area contributed by atoms with Crippen LogP contribution in [0.25, 0.3) is 10.1 Å². The van der Waals surface area contributed by atoms with E-state index < -0.39 is 21.8 Å². The Labute approximate surface area is 238 Å². The number of benzene rings is 3. The first-order valence-electron chi connectivity index (χ1n) is 12.2. The van der Waals surface area contributed by atoms with Crippen molar-refractivity contribution in [3.63, 3.8) is 0 Å². The largest absolute Gasteiger partial charge is 0.573 e. The Bertz CT molecular complexity index is 1750. The van der Waals surface area contributed by atoms with Crippen molar-refractivity contribution >= 4 is 48.7 Å². The van der Waals surface area contributed by atoms with E-state index in [4.69, 9.17) is 9.47 Å². The van der Waals surface area contributed by atoms with Crippen LogP contribution in [-0.2, 0) is 15.4 Å². The fourth-order valence-corrected chi connectivity index (χ4v) is 6.21. The number of thiophene rings is 1. The van der Waals surface area contributed by atoms with Crippen molar-refractivity contribution in [3.8, 4) is 17.2 Å². The van der Waals surface area contributed by atoms with Gasteiger partial charge in [-0.3, -0.25) is 9.52 Å². The van der Waals surface area contributed by atoms with Crippen LogP contribution in [0.5, 0.6) is 17.2 Å². The first-order valence-corrected chi connectivity index (χ1v) is 15.0. The third-order valence-corrected chi connectivity index (χ3v) is 8.37. The smallest absolute Gasteiger partial charge is 0.497 e. The van der Waals surface area contributed by atoms with E-state index in [-0.39, 0.29) is 17.4 Å². The zero-order valence-corrected chi connectivity index (χ0v) is 23.7. The van der Waals surface area contributed by atoms with Gasteiger partial charge in [0, 0.05) is 33.6 Å². The van der Waals surface area contributed by atoms with Crippen LogP contribution < -0.4 is 24.2 Å². The Balaban J connectivity index is 1.45. The molecule has 0 bridgehead atoms. The number of sulfonamides is 1. The predicted octanol–water partition coefficient (Wildman–Crippen LogP) is 6.52. The minimum Gasteiger partial charge on any atom is -0.497 e. The number of methoxy groups -OCH3 is 2. The Morgan fingerprint density at radius 2 is 1.51 bits per heavy atom. The van der Waals surface area contributed by atoms with Gasteiger partial charge in [-0.15, -0.1) is 24.5 Å². The highest BCUT2D eigenvalue weighted by Crippen LogP contribution is 2.56. The van der Waals surface area contributed by atoms with Crippen molar-refractivity contribution in [1.82, 2.24) is 0 Å². The van der Waals surface area contributed by atoms with Crippen LogP contribution in [0.3, 0.4) is 0 Å². The van der Waals surface area contributed by atoms with Gasteiger partial charge in [-0.25, -0.2) is 8.42 Å². The maximum Gasteiger partial charge on any atom is 0.573 e. The summed E-state index contributed by atoms with van der Waals surface area (Å²) in [5.74, 6) is -0.0695. The van der Waals surface area contributed by atoms with Crippen molar-refractivity contribution in [2.45, 2.75) is 24.6 Å². The molecule has 1 aliphatic carbocycles. The standard InChI is InChI=1S/C28H25F3N2O6S2/c1-37-21-11-17(27(6-7-27)18-12-22(38-2)15-23(13-18)39-28(29,30)31)10-20(14-21)32-26(34)25-9-16-8-19(33-41(3,35)36)4-5-24(16)40-25/h4-5,8-15,33H,6-7H2,1-3H3,(H,32,34). The molecule has 1 aromatic heterocycles. The topological polar surface area (TPSA) is 103 Å². The van der Waals surface area contributed by atoms with E-state index in [2.05, 4.69) is 14.8 Å². The average molecular weight is 607 g/mol. The molecule has 1 fully saturated rings. The summed E-state index contributed by atoms with van der Waals surface area (Å²) in [7, 11) is -0.598. The number of halogens is 3. The van der Waals surface area contributed by atoms with Gasteiger partial charge in [0.2, 0.25) is 10.0 Å². The zero-order valence-electron chi connectivity index (χ0n) is 22.1. The lowest BCUT2D eigenvalue weighted by Gasteiger charge is -2.21. The van der Waals surface area contributed by atoms with Gasteiger partial charge < -0.3 is 19.5 Å². The highest BCUT2D eigenvalue weighted by Gasteiger charge is 2.47. The number of nitrogens with one attached hydrogen (secondary N) is 2. The fraction of sp³-hybridized carbons (Fsp3) is 0.250. The molecule has 0 unspecified atom stereocenters. The molecule has 216 valence electrons. The van der Waals surface area contributed by atoms with E-state index in [0.29, 0.717) is 45.8 Å². The van der Waals surface area contributed by atoms with E-state index in [1.165, 1.54) is 37.7 Å². The molecule has 2 N–H and O–H groups in total. The van der Waals surface area contributed by atoms with E-state index in [1.54, 1.807) is 48.5 Å². The molecule has 1 heterocycles. The molecule has 4 aromatic rings. The van der Waals surface area contributed by atoms with Gasteiger partial charge in [-0.05, 0) is 77.9 Å². The summed E-state index contributed by atoms with van der Waals surface area (Å²) in [4.78, 5) is 13.6. The second kappa shape index (κ2) is 10.5. The number of ether oxygens (including phenoxy) is 3. The van der Waals surface area contributed by atoms with Crippen LogP contribution in [0.2, 0.25) is 0 Å². The van der Waals surface area contributed by atoms with Crippen molar-refractivity contribution in [2.24, 2.45) is 0 Å². The Hall–Kier alpha value is -3.97. The molecular weight excluding hydrogens is 581 g/mol. The number of hydrogen-bond acceptors (Lipinski definition) is 7. The number of fused-ring (bicyclic) bond motifs is 1. The summed E-state index contributed by atoms with van der Waals surface area (Å²) in [6.45, 7) is 0. The number of hydrogen-bond donors (Lipinski definition) is 2. The Kier molecular flexibility index (Phi) is 7.28. The van der Waals surface area contributed by atoms with Gasteiger partial charge in [0.15, 0.2) is 0 Å². The molecule has 1 amide bonds. The summed E-state index contributed by atoms with van der Waals surface area (Å²) in [6, 6.07) is 16.1. The number of carbonyl (C=O) groups excluding carboxylic acids is 1. The molecular formula is C28H25F3N2O6S2. The Morgan fingerprint density at radius 3 is 2.12 bits per heavy atom. The van der Waals surface area contributed by atoms with Crippen LogP contribution in [0.1, 0.15) is 33.6 Å². The van der Waals surface area contributed by atoms with Crippen molar-refractivity contribution < 1.29 is 40.6 Å². The predicted molar refractivity (Wildman–Crippen MR) is 151 cm³/mol. The molecule has 13 heteroatoms. The lowest BCUT2D eigenvalue weighted by atomic mass is 9.87. The van der Waals surface area contributed by atoms with Crippen LogP contribution in [-0.4, -0.2) is 41.2 Å². The quantitative estimate of drug-likeness (QED) is 0.225. The highest BCUT2D eigenvalue weighted by molar-refractivity contribution is 7.92. The summed E-state index contributed by atoms with van der Waals surface area (Å²) in [5.41, 5.74) is 1.56. The molecule has 0 spiro atoms. The molecule has 41 heavy (non-hydrogen) atoms. The minimum absolute atomic E-state index is 0.226. The Morgan fingerprint density at radius 1 is 0.878 bits per heavy atom. The maximum absolute atomic E-state index is 13.2. The first-order chi connectivity index (χ1) is 19.3. The monoisotopic (exact) mass is 606 g/mol. The van der Waals surface area contributed by atoms with Crippen molar-refractivity contribution in [1.29, 1.82) is 0 Å². The summed E-state index contributed by atoms with van der Waals surface area (Å²) >= 11 is 1.25. The average Bonchev–Trinajstić information content (AvgIpc) is 3.59. The van der Waals surface area contributed by atoms with Crippen LogP contribution in [0.15, 0.2) is 60.7 Å². The lowest BCUT2D eigenvalue weighted by molar-refractivity contribution is -0.274. The molecule has 3 aromatic carbocycles. The summed E-state index contributed by atoms with van der Waals surface area (Å²) in [5, 5.41) is 3.59. The van der Waals surface area contributed by atoms with Gasteiger partial charge in [-0.2, -0.15) is 0 Å². The highest BCUT2D eigenvalue weighted by atomic mass is 32.2. The molecule has 0 atom stereocenters. The summed E-state index contributed by atoms with van der Waals surface area (Å²) < 4.78 is 80.1. The summed E-state index contributed by atoms with van der Waals surface area (Å²) in [6.07, 6.45) is -2.48. The van der Waals surface area contributed by atoms with Crippen molar-refractivity contribution in [3.05, 3.63) is 76.7 Å². The van der Waals surface area contributed by atoms with Crippen LogP contribution >= 0.6 is 11.3 Å². The number of alkyl halides is 3.